The average molecular weight is 270 g/mol. The summed E-state index contributed by atoms with van der Waals surface area (Å²) in [5.74, 6) is -1.25. The van der Waals surface area contributed by atoms with Gasteiger partial charge in [0.25, 0.3) is 0 Å². The molecule has 0 unspecified atom stereocenters. The number of carbonyl (C=O) groups excluding carboxylic acids is 1. The molecule has 1 aromatic heterocycles. The molecular weight excluding hydrogens is 256 g/mol. The minimum Gasteiger partial charge on any atom is -0.479 e. The van der Waals surface area contributed by atoms with Crippen molar-refractivity contribution in [2.75, 3.05) is 6.54 Å². The number of nitrogens with one attached hydrogen (secondary N) is 1. The van der Waals surface area contributed by atoms with E-state index >= 15 is 0 Å². The topological polar surface area (TPSA) is 88.5 Å². The number of hydrogen-bond donors (Lipinski definition) is 2. The third kappa shape index (κ3) is 3.27. The van der Waals surface area contributed by atoms with Crippen molar-refractivity contribution >= 4 is 23.2 Å². The molecule has 18 heavy (non-hydrogen) atoms. The zero-order chi connectivity index (χ0) is 13.0. The normalized spacial score (nSPS) is 22.9. The van der Waals surface area contributed by atoms with Gasteiger partial charge in [-0.05, 0) is 12.8 Å². The Hall–Kier alpha value is -1.47. The quantitative estimate of drug-likeness (QED) is 0.810. The van der Waals surface area contributed by atoms with E-state index in [-0.39, 0.29) is 5.91 Å². The molecule has 0 spiro atoms. The van der Waals surface area contributed by atoms with Crippen molar-refractivity contribution in [2.45, 2.75) is 31.5 Å². The van der Waals surface area contributed by atoms with Crippen LogP contribution < -0.4 is 5.32 Å². The van der Waals surface area contributed by atoms with Gasteiger partial charge in [-0.15, -0.1) is 11.3 Å². The second kappa shape index (κ2) is 5.92. The van der Waals surface area contributed by atoms with E-state index in [2.05, 4.69) is 10.3 Å². The SMILES string of the molecule is O=C(NCCc1nccs1)[C@@H]1CC[C@H](C(=O)O)O1. The van der Waals surface area contributed by atoms with Crippen LogP contribution in [0.5, 0.6) is 0 Å². The maximum absolute atomic E-state index is 11.7. The fraction of sp³-hybridized carbons (Fsp3) is 0.545. The third-order valence-corrected chi connectivity index (χ3v) is 3.55. The minimum atomic E-state index is -1.01. The van der Waals surface area contributed by atoms with Crippen LogP contribution in [0.25, 0.3) is 0 Å². The summed E-state index contributed by atoms with van der Waals surface area (Å²) in [4.78, 5) is 26.5. The van der Waals surface area contributed by atoms with Crippen molar-refractivity contribution in [1.29, 1.82) is 0 Å². The summed E-state index contributed by atoms with van der Waals surface area (Å²) >= 11 is 1.54. The van der Waals surface area contributed by atoms with Crippen molar-refractivity contribution in [3.05, 3.63) is 16.6 Å². The minimum absolute atomic E-state index is 0.240. The third-order valence-electron chi connectivity index (χ3n) is 2.71. The van der Waals surface area contributed by atoms with E-state index in [9.17, 15) is 9.59 Å². The maximum atomic E-state index is 11.7. The summed E-state index contributed by atoms with van der Waals surface area (Å²) in [5.41, 5.74) is 0. The van der Waals surface area contributed by atoms with Crippen LogP contribution in [0.2, 0.25) is 0 Å². The van der Waals surface area contributed by atoms with Gasteiger partial charge in [-0.3, -0.25) is 4.79 Å². The van der Waals surface area contributed by atoms with Crippen molar-refractivity contribution in [1.82, 2.24) is 10.3 Å². The predicted molar refractivity (Wildman–Crippen MR) is 64.4 cm³/mol. The second-order valence-electron chi connectivity index (χ2n) is 4.00. The van der Waals surface area contributed by atoms with Crippen LogP contribution in [0.15, 0.2) is 11.6 Å². The lowest BCUT2D eigenvalue weighted by molar-refractivity contribution is -0.151. The molecule has 6 nitrogen and oxygen atoms in total. The molecule has 7 heteroatoms. The van der Waals surface area contributed by atoms with Crippen molar-refractivity contribution in [2.24, 2.45) is 0 Å². The number of nitrogens with zero attached hydrogens (tertiary/aromatic N) is 1. The first-order valence-corrected chi connectivity index (χ1v) is 6.59. The standard InChI is InChI=1S/C11H14N2O4S/c14-10(7-1-2-8(17-7)11(15)16)13-4-3-9-12-5-6-18-9/h5-8H,1-4H2,(H,13,14)(H,15,16)/t7-,8+/m0/s1. The molecule has 0 saturated carbocycles. The molecule has 2 N–H and O–H groups in total. The highest BCUT2D eigenvalue weighted by atomic mass is 32.1. The van der Waals surface area contributed by atoms with Gasteiger partial charge in [-0.1, -0.05) is 0 Å². The summed E-state index contributed by atoms with van der Waals surface area (Å²) in [7, 11) is 0. The van der Waals surface area contributed by atoms with Crippen LogP contribution in [0, 0.1) is 0 Å². The lowest BCUT2D eigenvalue weighted by Gasteiger charge is -2.11. The Morgan fingerprint density at radius 2 is 2.28 bits per heavy atom. The summed E-state index contributed by atoms with van der Waals surface area (Å²) in [5, 5.41) is 14.3. The van der Waals surface area contributed by atoms with Crippen molar-refractivity contribution in [3.63, 3.8) is 0 Å². The summed E-state index contributed by atoms with van der Waals surface area (Å²) < 4.78 is 5.15. The summed E-state index contributed by atoms with van der Waals surface area (Å²) in [6, 6.07) is 0. The largest absolute Gasteiger partial charge is 0.479 e. The van der Waals surface area contributed by atoms with E-state index < -0.39 is 18.2 Å². The highest BCUT2D eigenvalue weighted by Crippen LogP contribution is 2.19. The van der Waals surface area contributed by atoms with E-state index in [1.54, 1.807) is 6.20 Å². The molecule has 1 amide bonds. The number of thiazole rings is 1. The van der Waals surface area contributed by atoms with Gasteiger partial charge in [0.15, 0.2) is 6.10 Å². The second-order valence-corrected chi connectivity index (χ2v) is 4.97. The Kier molecular flexibility index (Phi) is 4.27. The van der Waals surface area contributed by atoms with E-state index in [0.29, 0.717) is 25.8 Å². The van der Waals surface area contributed by atoms with Crippen molar-refractivity contribution < 1.29 is 19.4 Å². The zero-order valence-corrected chi connectivity index (χ0v) is 10.5. The highest BCUT2D eigenvalue weighted by molar-refractivity contribution is 7.09. The fourth-order valence-electron chi connectivity index (χ4n) is 1.79. The number of carboxylic acid groups (broad SMARTS) is 1. The molecule has 0 aromatic carbocycles. The number of aromatic nitrogens is 1. The zero-order valence-electron chi connectivity index (χ0n) is 9.67. The molecule has 1 aliphatic heterocycles. The molecule has 2 heterocycles. The first kappa shape index (κ1) is 13.0. The molecular formula is C11H14N2O4S. The number of amides is 1. The Morgan fingerprint density at radius 3 is 2.89 bits per heavy atom. The van der Waals surface area contributed by atoms with Gasteiger partial charge >= 0.3 is 5.97 Å². The summed E-state index contributed by atoms with van der Waals surface area (Å²) in [6.07, 6.45) is 1.76. The van der Waals surface area contributed by atoms with Crippen LogP contribution in [-0.2, 0) is 20.7 Å². The molecule has 1 fully saturated rings. The van der Waals surface area contributed by atoms with E-state index in [4.69, 9.17) is 9.84 Å². The van der Waals surface area contributed by atoms with Crippen LogP contribution in [0.4, 0.5) is 0 Å². The Bertz CT molecular complexity index is 421. The molecule has 0 aliphatic carbocycles. The maximum Gasteiger partial charge on any atom is 0.332 e. The van der Waals surface area contributed by atoms with E-state index in [1.165, 1.54) is 11.3 Å². The molecule has 0 bridgehead atoms. The molecule has 1 saturated heterocycles. The number of ether oxygens (including phenoxy) is 1. The molecule has 98 valence electrons. The number of hydrogen-bond acceptors (Lipinski definition) is 5. The van der Waals surface area contributed by atoms with Gasteiger partial charge in [0.2, 0.25) is 5.91 Å². The summed E-state index contributed by atoms with van der Waals surface area (Å²) in [6.45, 7) is 0.490. The van der Waals surface area contributed by atoms with E-state index in [1.807, 2.05) is 5.38 Å². The number of aliphatic carboxylic acids is 1. The highest BCUT2D eigenvalue weighted by Gasteiger charge is 2.34. The Labute approximate surface area is 108 Å². The first-order chi connectivity index (χ1) is 8.66. The smallest absolute Gasteiger partial charge is 0.332 e. The van der Waals surface area contributed by atoms with Crippen LogP contribution in [0.3, 0.4) is 0 Å². The van der Waals surface area contributed by atoms with Crippen LogP contribution >= 0.6 is 11.3 Å². The van der Waals surface area contributed by atoms with Gasteiger partial charge in [0, 0.05) is 24.5 Å². The Balaban J connectivity index is 1.71. The fourth-order valence-corrected chi connectivity index (χ4v) is 2.42. The first-order valence-electron chi connectivity index (χ1n) is 5.71. The molecule has 2 rings (SSSR count). The molecule has 2 atom stereocenters. The molecule has 1 aromatic rings. The number of carboxylic acids is 1. The predicted octanol–water partition coefficient (Wildman–Crippen LogP) is 0.434. The molecule has 0 radical (unpaired) electrons. The van der Waals surface area contributed by atoms with Crippen LogP contribution in [-0.4, -0.2) is 40.7 Å². The lowest BCUT2D eigenvalue weighted by Crippen LogP contribution is -2.36. The monoisotopic (exact) mass is 270 g/mol. The van der Waals surface area contributed by atoms with Gasteiger partial charge in [0.1, 0.15) is 6.10 Å². The lowest BCUT2D eigenvalue weighted by atomic mass is 10.2. The number of carbonyl (C=O) groups is 2. The van der Waals surface area contributed by atoms with Gasteiger partial charge in [-0.2, -0.15) is 0 Å². The van der Waals surface area contributed by atoms with Gasteiger partial charge in [0.05, 0.1) is 5.01 Å². The number of rotatable bonds is 5. The van der Waals surface area contributed by atoms with Gasteiger partial charge in [-0.25, -0.2) is 9.78 Å². The van der Waals surface area contributed by atoms with Crippen molar-refractivity contribution in [3.8, 4) is 0 Å². The Morgan fingerprint density at radius 1 is 1.50 bits per heavy atom. The van der Waals surface area contributed by atoms with Crippen LogP contribution in [0.1, 0.15) is 17.8 Å². The average Bonchev–Trinajstić information content (AvgIpc) is 2.99. The van der Waals surface area contributed by atoms with E-state index in [0.717, 1.165) is 5.01 Å². The molecule has 1 aliphatic rings. The van der Waals surface area contributed by atoms with Gasteiger partial charge < -0.3 is 15.2 Å².